The molecule has 3 aromatic heterocycles. The molecule has 0 fully saturated rings. The number of hydrogen-bond acceptors (Lipinski definition) is 4. The molecule has 18 heavy (non-hydrogen) atoms. The van der Waals surface area contributed by atoms with Crippen molar-refractivity contribution in [3.05, 3.63) is 41.7 Å². The molecule has 0 saturated carbocycles. The fourth-order valence-electron chi connectivity index (χ4n) is 1.94. The Morgan fingerprint density at radius 1 is 1.22 bits per heavy atom. The Labute approximate surface area is 104 Å². The number of aromatic amines is 1. The summed E-state index contributed by atoms with van der Waals surface area (Å²) in [6.45, 7) is 4.43. The Bertz CT molecular complexity index is 683. The van der Waals surface area contributed by atoms with Gasteiger partial charge in [-0.2, -0.15) is 0 Å². The highest BCUT2D eigenvalue weighted by molar-refractivity contribution is 5.86. The van der Waals surface area contributed by atoms with Gasteiger partial charge in [-0.25, -0.2) is 9.97 Å². The third kappa shape index (κ3) is 1.95. The number of anilines is 1. The molecule has 3 heterocycles. The summed E-state index contributed by atoms with van der Waals surface area (Å²) in [5.74, 6) is 3.38. The van der Waals surface area contributed by atoms with Crippen LogP contribution in [-0.2, 0) is 6.54 Å². The van der Waals surface area contributed by atoms with Crippen molar-refractivity contribution in [1.82, 2.24) is 15.0 Å². The molecule has 0 unspecified atom stereocenters. The van der Waals surface area contributed by atoms with E-state index in [1.807, 2.05) is 38.2 Å². The number of nitrogens with zero attached hydrogens (tertiary/aromatic N) is 2. The van der Waals surface area contributed by atoms with Gasteiger partial charge < -0.3 is 14.7 Å². The fraction of sp³-hybridized carbons (Fsp3) is 0.231. The topological polar surface area (TPSA) is 66.7 Å². The highest BCUT2D eigenvalue weighted by Gasteiger charge is 2.07. The van der Waals surface area contributed by atoms with Crippen molar-refractivity contribution in [2.45, 2.75) is 20.4 Å². The van der Waals surface area contributed by atoms with Gasteiger partial charge in [0, 0.05) is 6.20 Å². The number of H-pyrrole nitrogens is 1. The van der Waals surface area contributed by atoms with Crippen molar-refractivity contribution in [3.63, 3.8) is 0 Å². The van der Waals surface area contributed by atoms with Crippen molar-refractivity contribution >= 4 is 16.9 Å². The van der Waals surface area contributed by atoms with Crippen molar-refractivity contribution < 1.29 is 4.42 Å². The summed E-state index contributed by atoms with van der Waals surface area (Å²) < 4.78 is 5.52. The molecule has 0 atom stereocenters. The predicted octanol–water partition coefficient (Wildman–Crippen LogP) is 2.78. The summed E-state index contributed by atoms with van der Waals surface area (Å²) in [5, 5.41) is 4.27. The number of rotatable bonds is 3. The number of furan rings is 1. The molecule has 0 aliphatic heterocycles. The second-order valence-corrected chi connectivity index (χ2v) is 4.23. The number of aromatic nitrogens is 3. The maximum Gasteiger partial charge on any atom is 0.143 e. The summed E-state index contributed by atoms with van der Waals surface area (Å²) in [7, 11) is 0. The summed E-state index contributed by atoms with van der Waals surface area (Å²) in [5.41, 5.74) is 0.848. The van der Waals surface area contributed by atoms with Gasteiger partial charge >= 0.3 is 0 Å². The molecule has 0 amide bonds. The van der Waals surface area contributed by atoms with Crippen LogP contribution < -0.4 is 5.32 Å². The van der Waals surface area contributed by atoms with Gasteiger partial charge in [-0.05, 0) is 32.0 Å². The molecule has 5 heteroatoms. The first-order valence-corrected chi connectivity index (χ1v) is 5.83. The zero-order valence-electron chi connectivity index (χ0n) is 10.3. The Morgan fingerprint density at radius 3 is 2.89 bits per heavy atom. The van der Waals surface area contributed by atoms with E-state index in [9.17, 15) is 0 Å². The van der Waals surface area contributed by atoms with Crippen LogP contribution in [0.5, 0.6) is 0 Å². The van der Waals surface area contributed by atoms with Crippen molar-refractivity contribution in [2.75, 3.05) is 5.32 Å². The van der Waals surface area contributed by atoms with Crippen LogP contribution in [0.25, 0.3) is 11.0 Å². The summed E-state index contributed by atoms with van der Waals surface area (Å²) in [6, 6.07) is 5.88. The third-order valence-corrected chi connectivity index (χ3v) is 2.75. The zero-order chi connectivity index (χ0) is 12.5. The van der Waals surface area contributed by atoms with Crippen LogP contribution >= 0.6 is 0 Å². The largest absolute Gasteiger partial charge is 0.465 e. The monoisotopic (exact) mass is 242 g/mol. The van der Waals surface area contributed by atoms with E-state index in [4.69, 9.17) is 4.42 Å². The van der Waals surface area contributed by atoms with Crippen molar-refractivity contribution in [1.29, 1.82) is 0 Å². The van der Waals surface area contributed by atoms with E-state index in [0.29, 0.717) is 6.54 Å². The van der Waals surface area contributed by atoms with Crippen LogP contribution in [0.2, 0.25) is 0 Å². The van der Waals surface area contributed by atoms with E-state index < -0.39 is 0 Å². The molecule has 92 valence electrons. The van der Waals surface area contributed by atoms with Gasteiger partial charge in [0.2, 0.25) is 0 Å². The van der Waals surface area contributed by atoms with Crippen molar-refractivity contribution in [3.8, 4) is 0 Å². The van der Waals surface area contributed by atoms with Crippen LogP contribution in [0.1, 0.15) is 17.3 Å². The Hall–Kier alpha value is -2.30. The molecular weight excluding hydrogens is 228 g/mol. The van der Waals surface area contributed by atoms with E-state index in [2.05, 4.69) is 20.3 Å². The Morgan fingerprint density at radius 2 is 2.11 bits per heavy atom. The standard InChI is InChI=1S/C13H14N4O/c1-8-3-4-10(18-8)7-15-13-11-5-6-14-12(11)16-9(2)17-13/h3-6H,7H2,1-2H3,(H2,14,15,16,17). The quantitative estimate of drug-likeness (QED) is 0.741. The van der Waals surface area contributed by atoms with E-state index in [0.717, 1.165) is 34.2 Å². The first-order chi connectivity index (χ1) is 8.72. The van der Waals surface area contributed by atoms with Crippen molar-refractivity contribution in [2.24, 2.45) is 0 Å². The molecule has 0 saturated heterocycles. The van der Waals surface area contributed by atoms with E-state index in [1.54, 1.807) is 0 Å². The van der Waals surface area contributed by atoms with Gasteiger partial charge in [0.05, 0.1) is 11.9 Å². The second kappa shape index (κ2) is 4.18. The van der Waals surface area contributed by atoms with Crippen LogP contribution in [0.3, 0.4) is 0 Å². The SMILES string of the molecule is Cc1nc(NCc2ccc(C)o2)c2cc[nH]c2n1. The van der Waals surface area contributed by atoms with Crippen LogP contribution in [-0.4, -0.2) is 15.0 Å². The molecular formula is C13H14N4O. The van der Waals surface area contributed by atoms with Crippen LogP contribution in [0.4, 0.5) is 5.82 Å². The maximum absolute atomic E-state index is 5.52. The van der Waals surface area contributed by atoms with Gasteiger partial charge in [0.25, 0.3) is 0 Å². The normalized spacial score (nSPS) is 11.0. The third-order valence-electron chi connectivity index (χ3n) is 2.75. The lowest BCUT2D eigenvalue weighted by Crippen LogP contribution is -2.03. The van der Waals surface area contributed by atoms with E-state index in [-0.39, 0.29) is 0 Å². The average molecular weight is 242 g/mol. The first kappa shape index (κ1) is 10.8. The minimum Gasteiger partial charge on any atom is -0.465 e. The number of nitrogens with one attached hydrogen (secondary N) is 2. The zero-order valence-corrected chi connectivity index (χ0v) is 10.3. The summed E-state index contributed by atoms with van der Waals surface area (Å²) in [4.78, 5) is 11.8. The van der Waals surface area contributed by atoms with Gasteiger partial charge in [0.1, 0.15) is 28.8 Å². The van der Waals surface area contributed by atoms with Gasteiger partial charge in [-0.1, -0.05) is 0 Å². The number of fused-ring (bicyclic) bond motifs is 1. The van der Waals surface area contributed by atoms with Crippen LogP contribution in [0, 0.1) is 13.8 Å². The minimum atomic E-state index is 0.616. The fourth-order valence-corrected chi connectivity index (χ4v) is 1.94. The molecule has 0 spiro atoms. The number of aryl methyl sites for hydroxylation is 2. The molecule has 5 nitrogen and oxygen atoms in total. The smallest absolute Gasteiger partial charge is 0.143 e. The predicted molar refractivity (Wildman–Crippen MR) is 69.4 cm³/mol. The second-order valence-electron chi connectivity index (χ2n) is 4.23. The van der Waals surface area contributed by atoms with E-state index in [1.165, 1.54) is 0 Å². The van der Waals surface area contributed by atoms with Gasteiger partial charge in [-0.15, -0.1) is 0 Å². The van der Waals surface area contributed by atoms with E-state index >= 15 is 0 Å². The Kier molecular flexibility index (Phi) is 2.51. The summed E-state index contributed by atoms with van der Waals surface area (Å²) >= 11 is 0. The molecule has 3 rings (SSSR count). The lowest BCUT2D eigenvalue weighted by Gasteiger charge is -2.05. The van der Waals surface area contributed by atoms with Crippen LogP contribution in [0.15, 0.2) is 28.8 Å². The minimum absolute atomic E-state index is 0.616. The lowest BCUT2D eigenvalue weighted by molar-refractivity contribution is 0.490. The highest BCUT2D eigenvalue weighted by Crippen LogP contribution is 2.19. The van der Waals surface area contributed by atoms with Gasteiger partial charge in [-0.3, -0.25) is 0 Å². The molecule has 0 bridgehead atoms. The molecule has 0 radical (unpaired) electrons. The lowest BCUT2D eigenvalue weighted by atomic mass is 10.3. The molecule has 0 aromatic carbocycles. The number of hydrogen-bond donors (Lipinski definition) is 2. The molecule has 0 aliphatic rings. The Balaban J connectivity index is 1.87. The van der Waals surface area contributed by atoms with Gasteiger partial charge in [0.15, 0.2) is 0 Å². The molecule has 0 aliphatic carbocycles. The highest BCUT2D eigenvalue weighted by atomic mass is 16.3. The average Bonchev–Trinajstić information content (AvgIpc) is 2.94. The molecule has 3 aromatic rings. The first-order valence-electron chi connectivity index (χ1n) is 5.83. The maximum atomic E-state index is 5.52. The molecule has 2 N–H and O–H groups in total. The summed E-state index contributed by atoms with van der Waals surface area (Å²) in [6.07, 6.45) is 1.86.